The summed E-state index contributed by atoms with van der Waals surface area (Å²) < 4.78 is 4.99. The van der Waals surface area contributed by atoms with Gasteiger partial charge in [-0.1, -0.05) is 11.6 Å². The lowest BCUT2D eigenvalue weighted by Gasteiger charge is -2.30. The fourth-order valence-corrected chi connectivity index (χ4v) is 2.70. The number of carbonyl (C=O) groups excluding carboxylic acids is 2. The Morgan fingerprint density at radius 3 is 2.67 bits per heavy atom. The van der Waals surface area contributed by atoms with Crippen LogP contribution in [0.5, 0.6) is 0 Å². The molecule has 2 amide bonds. The number of nitrogens with zero attached hydrogens (tertiary/aromatic N) is 2. The number of piperidine rings is 1. The first-order valence-corrected chi connectivity index (χ1v) is 7.96. The van der Waals surface area contributed by atoms with Gasteiger partial charge in [0.1, 0.15) is 5.02 Å². The Balaban J connectivity index is 1.93. The number of benzene rings is 1. The number of esters is 1. The van der Waals surface area contributed by atoms with Gasteiger partial charge in [0.05, 0.1) is 17.4 Å². The van der Waals surface area contributed by atoms with Gasteiger partial charge in [-0.25, -0.2) is 4.79 Å². The molecule has 0 bridgehead atoms. The molecule has 24 heavy (non-hydrogen) atoms. The van der Waals surface area contributed by atoms with Crippen molar-refractivity contribution >= 4 is 35.0 Å². The summed E-state index contributed by atoms with van der Waals surface area (Å²) in [6.45, 7) is 2.94. The van der Waals surface area contributed by atoms with Crippen molar-refractivity contribution in [2.24, 2.45) is 5.92 Å². The molecule has 1 N–H and O–H groups in total. The van der Waals surface area contributed by atoms with Crippen molar-refractivity contribution in [2.75, 3.05) is 25.0 Å². The number of ether oxygens (including phenoxy) is 1. The van der Waals surface area contributed by atoms with Crippen molar-refractivity contribution < 1.29 is 19.2 Å². The van der Waals surface area contributed by atoms with Crippen molar-refractivity contribution in [3.63, 3.8) is 0 Å². The fourth-order valence-electron chi connectivity index (χ4n) is 2.51. The number of anilines is 1. The summed E-state index contributed by atoms with van der Waals surface area (Å²) in [5.41, 5.74) is 0.0269. The first-order valence-electron chi connectivity index (χ1n) is 7.59. The first-order chi connectivity index (χ1) is 11.4. The minimum Gasteiger partial charge on any atom is -0.466 e. The molecule has 0 aromatic heterocycles. The molecule has 1 fully saturated rings. The summed E-state index contributed by atoms with van der Waals surface area (Å²) in [6, 6.07) is 3.71. The Morgan fingerprint density at radius 2 is 2.08 bits per heavy atom. The number of carbonyl (C=O) groups is 2. The van der Waals surface area contributed by atoms with Crippen LogP contribution < -0.4 is 5.32 Å². The van der Waals surface area contributed by atoms with Crippen molar-refractivity contribution in [3.05, 3.63) is 33.3 Å². The van der Waals surface area contributed by atoms with Crippen LogP contribution in [0.1, 0.15) is 19.8 Å². The molecule has 1 aliphatic heterocycles. The van der Waals surface area contributed by atoms with E-state index < -0.39 is 4.92 Å². The third kappa shape index (κ3) is 4.35. The molecule has 8 nitrogen and oxygen atoms in total. The van der Waals surface area contributed by atoms with Crippen molar-refractivity contribution in [1.29, 1.82) is 0 Å². The van der Waals surface area contributed by atoms with Gasteiger partial charge in [-0.2, -0.15) is 0 Å². The van der Waals surface area contributed by atoms with Gasteiger partial charge >= 0.3 is 12.0 Å². The summed E-state index contributed by atoms with van der Waals surface area (Å²) in [6.07, 6.45) is 1.07. The van der Waals surface area contributed by atoms with Crippen LogP contribution in [0.4, 0.5) is 16.2 Å². The second-order valence-electron chi connectivity index (χ2n) is 5.37. The van der Waals surface area contributed by atoms with Crippen LogP contribution in [0.2, 0.25) is 5.02 Å². The van der Waals surface area contributed by atoms with Crippen LogP contribution in [-0.2, 0) is 9.53 Å². The fraction of sp³-hybridized carbons (Fsp3) is 0.467. The zero-order valence-corrected chi connectivity index (χ0v) is 13.9. The van der Waals surface area contributed by atoms with E-state index in [1.807, 2.05) is 0 Å². The van der Waals surface area contributed by atoms with E-state index in [4.69, 9.17) is 16.3 Å². The van der Waals surface area contributed by atoms with Crippen molar-refractivity contribution in [2.45, 2.75) is 19.8 Å². The number of rotatable bonds is 4. The second kappa shape index (κ2) is 7.96. The minimum atomic E-state index is -0.608. The number of urea groups is 1. The highest BCUT2D eigenvalue weighted by Crippen LogP contribution is 2.28. The molecule has 2 rings (SSSR count). The predicted molar refractivity (Wildman–Crippen MR) is 88.1 cm³/mol. The van der Waals surface area contributed by atoms with E-state index in [1.54, 1.807) is 11.8 Å². The Hall–Kier alpha value is -2.35. The van der Waals surface area contributed by atoms with Crippen LogP contribution in [0.25, 0.3) is 0 Å². The van der Waals surface area contributed by atoms with Gasteiger partial charge in [-0.15, -0.1) is 0 Å². The average Bonchev–Trinajstić information content (AvgIpc) is 2.56. The summed E-state index contributed by atoms with van der Waals surface area (Å²) in [5.74, 6) is -0.420. The van der Waals surface area contributed by atoms with Gasteiger partial charge in [0, 0.05) is 24.8 Å². The number of nitrogens with one attached hydrogen (secondary N) is 1. The van der Waals surface area contributed by atoms with Crippen molar-refractivity contribution in [1.82, 2.24) is 4.90 Å². The molecule has 0 spiro atoms. The molecular formula is C15H18ClN3O5. The molecular weight excluding hydrogens is 338 g/mol. The summed E-state index contributed by atoms with van der Waals surface area (Å²) in [7, 11) is 0. The van der Waals surface area contributed by atoms with Crippen LogP contribution in [0.3, 0.4) is 0 Å². The minimum absolute atomic E-state index is 0.00764. The zero-order valence-electron chi connectivity index (χ0n) is 13.2. The highest BCUT2D eigenvalue weighted by Gasteiger charge is 2.28. The van der Waals surface area contributed by atoms with Gasteiger partial charge in [0.15, 0.2) is 0 Å². The molecule has 1 aromatic rings. The Kier molecular flexibility index (Phi) is 5.97. The smallest absolute Gasteiger partial charge is 0.321 e. The summed E-state index contributed by atoms with van der Waals surface area (Å²) >= 11 is 5.74. The average molecular weight is 356 g/mol. The van der Waals surface area contributed by atoms with E-state index in [0.717, 1.165) is 0 Å². The van der Waals surface area contributed by atoms with Gasteiger partial charge < -0.3 is 15.0 Å². The van der Waals surface area contributed by atoms with Crippen molar-refractivity contribution in [3.8, 4) is 0 Å². The molecule has 1 saturated heterocycles. The van der Waals surface area contributed by atoms with Crippen LogP contribution in [-0.4, -0.2) is 41.5 Å². The molecule has 130 valence electrons. The van der Waals surface area contributed by atoms with Crippen LogP contribution in [0, 0.1) is 16.0 Å². The Bertz CT molecular complexity index is 644. The largest absolute Gasteiger partial charge is 0.466 e. The number of nitro benzene ring substituents is 1. The van der Waals surface area contributed by atoms with Gasteiger partial charge in [-0.3, -0.25) is 14.9 Å². The monoisotopic (exact) mass is 355 g/mol. The topological polar surface area (TPSA) is 102 Å². The third-order valence-corrected chi connectivity index (χ3v) is 4.12. The predicted octanol–water partition coefficient (Wildman–Crippen LogP) is 3.06. The van der Waals surface area contributed by atoms with E-state index in [9.17, 15) is 19.7 Å². The summed E-state index contributed by atoms with van der Waals surface area (Å²) in [4.78, 5) is 35.7. The SMILES string of the molecule is CCOC(=O)C1CCN(C(=O)Nc2ccc(Cl)c([N+](=O)[O-])c2)CC1. The lowest BCUT2D eigenvalue weighted by molar-refractivity contribution is -0.384. The highest BCUT2D eigenvalue weighted by molar-refractivity contribution is 6.32. The maximum atomic E-state index is 12.2. The molecule has 1 aromatic carbocycles. The molecule has 1 aliphatic rings. The molecule has 0 saturated carbocycles. The van der Waals surface area contributed by atoms with Crippen LogP contribution in [0.15, 0.2) is 18.2 Å². The number of amides is 2. The normalized spacial score (nSPS) is 15.0. The number of hydrogen-bond donors (Lipinski definition) is 1. The first kappa shape index (κ1) is 18.0. The van der Waals surface area contributed by atoms with E-state index in [1.165, 1.54) is 18.2 Å². The Labute approximate surface area is 143 Å². The molecule has 9 heteroatoms. The van der Waals surface area contributed by atoms with E-state index in [-0.39, 0.29) is 28.6 Å². The number of halogens is 1. The molecule has 0 atom stereocenters. The van der Waals surface area contributed by atoms with Gasteiger partial charge in [0.25, 0.3) is 5.69 Å². The standard InChI is InChI=1S/C15H18ClN3O5/c1-2-24-14(20)10-5-7-18(8-6-10)15(21)17-11-3-4-12(16)13(9-11)19(22)23/h3-4,9-10H,2,5-8H2,1H3,(H,17,21). The maximum Gasteiger partial charge on any atom is 0.321 e. The molecule has 1 heterocycles. The van der Waals surface area contributed by atoms with E-state index in [0.29, 0.717) is 38.2 Å². The number of nitro groups is 1. The maximum absolute atomic E-state index is 12.2. The lowest BCUT2D eigenvalue weighted by atomic mass is 9.97. The third-order valence-electron chi connectivity index (χ3n) is 3.80. The van der Waals surface area contributed by atoms with Crippen LogP contribution >= 0.6 is 11.6 Å². The highest BCUT2D eigenvalue weighted by atomic mass is 35.5. The zero-order chi connectivity index (χ0) is 17.7. The number of likely N-dealkylation sites (tertiary alicyclic amines) is 1. The molecule has 0 aliphatic carbocycles. The Morgan fingerprint density at radius 1 is 1.42 bits per heavy atom. The summed E-state index contributed by atoms with van der Waals surface area (Å²) in [5, 5.41) is 13.5. The number of hydrogen-bond acceptors (Lipinski definition) is 5. The second-order valence-corrected chi connectivity index (χ2v) is 5.77. The quantitative estimate of drug-likeness (QED) is 0.508. The van der Waals surface area contributed by atoms with Gasteiger partial charge in [-0.05, 0) is 31.9 Å². The van der Waals surface area contributed by atoms with E-state index >= 15 is 0 Å². The van der Waals surface area contributed by atoms with E-state index in [2.05, 4.69) is 5.32 Å². The molecule has 0 unspecified atom stereocenters. The van der Waals surface area contributed by atoms with Gasteiger partial charge in [0.2, 0.25) is 0 Å². The molecule has 0 radical (unpaired) electrons. The lowest BCUT2D eigenvalue weighted by Crippen LogP contribution is -2.42.